The lowest BCUT2D eigenvalue weighted by molar-refractivity contribution is -0.0618. The molecular formula is C7H10F6NO7S2-. The monoisotopic (exact) mass is 398 g/mol. The van der Waals surface area contributed by atoms with Crippen molar-refractivity contribution >= 4 is 20.2 Å². The Balaban J connectivity index is 5.19. The molecule has 0 saturated heterocycles. The zero-order valence-electron chi connectivity index (χ0n) is 11.3. The average Bonchev–Trinajstić information content (AvgIpc) is 2.31. The lowest BCUT2D eigenvalue weighted by atomic mass is 10.1. The van der Waals surface area contributed by atoms with Gasteiger partial charge in [0.05, 0.1) is 18.8 Å². The van der Waals surface area contributed by atoms with Gasteiger partial charge in [-0.2, -0.15) is 43.2 Å². The van der Waals surface area contributed by atoms with E-state index in [9.17, 15) is 48.4 Å². The van der Waals surface area contributed by atoms with Crippen molar-refractivity contribution < 1.29 is 51.5 Å². The molecule has 0 aliphatic rings. The normalized spacial score (nSPS) is 15.2. The summed E-state index contributed by atoms with van der Waals surface area (Å²) < 4.78 is 122. The van der Waals surface area contributed by atoms with Gasteiger partial charge in [0.1, 0.15) is 0 Å². The summed E-state index contributed by atoms with van der Waals surface area (Å²) in [4.78, 5) is 0. The summed E-state index contributed by atoms with van der Waals surface area (Å²) in [6.07, 6.45) is 0. The van der Waals surface area contributed by atoms with Crippen molar-refractivity contribution in [1.29, 1.82) is 0 Å². The van der Waals surface area contributed by atoms with E-state index in [2.05, 4.69) is 8.37 Å². The van der Waals surface area contributed by atoms with Crippen molar-refractivity contribution in [2.75, 3.05) is 20.3 Å². The van der Waals surface area contributed by atoms with Gasteiger partial charge in [-0.1, -0.05) is 0 Å². The van der Waals surface area contributed by atoms with Crippen LogP contribution in [-0.4, -0.2) is 58.7 Å². The second kappa shape index (κ2) is 6.67. The van der Waals surface area contributed by atoms with Crippen LogP contribution in [0.5, 0.6) is 0 Å². The average molecular weight is 398 g/mol. The number of rotatable bonds is 7. The van der Waals surface area contributed by atoms with Gasteiger partial charge >= 0.3 is 31.3 Å². The molecular weight excluding hydrogens is 388 g/mol. The Morgan fingerprint density at radius 2 is 1.13 bits per heavy atom. The fraction of sp³-hybridized carbons (Fsp3) is 1.00. The predicted octanol–water partition coefficient (Wildman–Crippen LogP) is 0.907. The Hall–Kier alpha value is -0.680. The van der Waals surface area contributed by atoms with Crippen LogP contribution in [0.1, 0.15) is 6.92 Å². The molecule has 0 rings (SSSR count). The van der Waals surface area contributed by atoms with Crippen LogP contribution in [0.15, 0.2) is 0 Å². The molecule has 0 radical (unpaired) electrons. The molecule has 140 valence electrons. The maximum atomic E-state index is 12.1. The van der Waals surface area contributed by atoms with Gasteiger partial charge in [-0.05, 0) is 14.0 Å². The van der Waals surface area contributed by atoms with E-state index >= 15 is 0 Å². The molecule has 0 N–H and O–H groups in total. The van der Waals surface area contributed by atoms with E-state index in [1.165, 1.54) is 0 Å². The molecule has 0 aromatic heterocycles. The van der Waals surface area contributed by atoms with Crippen molar-refractivity contribution in [2.45, 2.75) is 23.5 Å². The standard InChI is InChI=1S/C7H10F6NO7S2/c1-5(14(2)15,3-20-22(16,17)6(8,9)10)4-21-23(18,19)7(11,12)13/h3-4H2,1-2H3/q-1. The van der Waals surface area contributed by atoms with Crippen LogP contribution < -0.4 is 0 Å². The van der Waals surface area contributed by atoms with E-state index in [-0.39, 0.29) is 5.06 Å². The highest BCUT2D eigenvalue weighted by Gasteiger charge is 2.50. The van der Waals surface area contributed by atoms with Gasteiger partial charge in [-0.15, -0.1) is 0 Å². The van der Waals surface area contributed by atoms with Crippen molar-refractivity contribution in [2.24, 2.45) is 0 Å². The number of alkyl halides is 6. The van der Waals surface area contributed by atoms with Crippen LogP contribution in [0.2, 0.25) is 0 Å². The summed E-state index contributed by atoms with van der Waals surface area (Å²) in [5.74, 6) is 0. The van der Waals surface area contributed by atoms with E-state index in [0.717, 1.165) is 0 Å². The van der Waals surface area contributed by atoms with Crippen LogP contribution in [0.4, 0.5) is 26.3 Å². The third-order valence-corrected chi connectivity index (χ3v) is 4.37. The zero-order valence-corrected chi connectivity index (χ0v) is 12.9. The number of halogens is 6. The van der Waals surface area contributed by atoms with Crippen molar-refractivity contribution in [3.8, 4) is 0 Å². The van der Waals surface area contributed by atoms with Crippen LogP contribution in [0.3, 0.4) is 0 Å². The molecule has 8 nitrogen and oxygen atoms in total. The number of hydroxylamine groups is 2. The van der Waals surface area contributed by atoms with E-state index in [1.807, 2.05) is 0 Å². The SMILES string of the molecule is CN([O-])C(C)(COS(=O)(=O)C(F)(F)F)COS(=O)(=O)C(F)(F)F. The van der Waals surface area contributed by atoms with Gasteiger partial charge in [0.25, 0.3) is 0 Å². The van der Waals surface area contributed by atoms with E-state index in [0.29, 0.717) is 14.0 Å². The Bertz CT molecular complexity index is 560. The van der Waals surface area contributed by atoms with Gasteiger partial charge < -0.3 is 10.3 Å². The molecule has 0 aliphatic heterocycles. The Kier molecular flexibility index (Phi) is 6.48. The lowest BCUT2D eigenvalue weighted by Crippen LogP contribution is -2.50. The molecule has 16 heteroatoms. The number of hydrogen-bond donors (Lipinski definition) is 0. The maximum absolute atomic E-state index is 12.1. The quantitative estimate of drug-likeness (QED) is 0.269. The second-order valence-corrected chi connectivity index (χ2v) is 7.53. The molecule has 0 unspecified atom stereocenters. The molecule has 0 aliphatic carbocycles. The largest absolute Gasteiger partial charge is 0.785 e. The number of hydrogen-bond acceptors (Lipinski definition) is 8. The maximum Gasteiger partial charge on any atom is 0.523 e. The highest BCUT2D eigenvalue weighted by atomic mass is 32.2. The summed E-state index contributed by atoms with van der Waals surface area (Å²) in [6.45, 7) is -2.58. The molecule has 0 heterocycles. The molecule has 0 amide bonds. The number of nitrogens with zero attached hydrogens (tertiary/aromatic N) is 1. The molecule has 23 heavy (non-hydrogen) atoms. The van der Waals surface area contributed by atoms with E-state index in [1.54, 1.807) is 0 Å². The molecule has 0 bridgehead atoms. The first kappa shape index (κ1) is 22.3. The third-order valence-electron chi connectivity index (χ3n) is 2.38. The summed E-state index contributed by atoms with van der Waals surface area (Å²) in [6, 6.07) is 0. The molecule has 0 spiro atoms. The molecule has 0 saturated carbocycles. The number of likely N-dealkylation sites (N-methyl/N-ethyl adjacent to an activating group) is 1. The van der Waals surface area contributed by atoms with Crippen molar-refractivity contribution in [3.05, 3.63) is 5.21 Å². The van der Waals surface area contributed by atoms with E-state index in [4.69, 9.17) is 0 Å². The summed E-state index contributed by atoms with van der Waals surface area (Å²) in [5, 5.41) is 10.9. The van der Waals surface area contributed by atoms with Gasteiger partial charge in [0.15, 0.2) is 0 Å². The van der Waals surface area contributed by atoms with Crippen LogP contribution in [0, 0.1) is 5.21 Å². The first-order valence-electron chi connectivity index (χ1n) is 5.18. The highest BCUT2D eigenvalue weighted by Crippen LogP contribution is 2.28. The Morgan fingerprint density at radius 3 is 1.30 bits per heavy atom. The van der Waals surface area contributed by atoms with Gasteiger partial charge in [0.2, 0.25) is 0 Å². The zero-order chi connectivity index (χ0) is 18.9. The van der Waals surface area contributed by atoms with Crippen molar-refractivity contribution in [3.63, 3.8) is 0 Å². The first-order valence-corrected chi connectivity index (χ1v) is 8.00. The predicted molar refractivity (Wildman–Crippen MR) is 61.4 cm³/mol. The lowest BCUT2D eigenvalue weighted by Gasteiger charge is -2.42. The smallest absolute Gasteiger partial charge is 0.523 e. The summed E-state index contributed by atoms with van der Waals surface area (Å²) >= 11 is 0. The van der Waals surface area contributed by atoms with Gasteiger partial charge in [-0.25, -0.2) is 0 Å². The van der Waals surface area contributed by atoms with Crippen LogP contribution >= 0.6 is 0 Å². The second-order valence-electron chi connectivity index (χ2n) is 4.32. The Morgan fingerprint density at radius 1 is 0.870 bits per heavy atom. The van der Waals surface area contributed by atoms with Gasteiger partial charge in [0, 0.05) is 0 Å². The minimum Gasteiger partial charge on any atom is -0.785 e. The molecule has 0 atom stereocenters. The topological polar surface area (TPSA) is 113 Å². The fourth-order valence-electron chi connectivity index (χ4n) is 0.766. The van der Waals surface area contributed by atoms with Crippen LogP contribution in [-0.2, 0) is 28.6 Å². The van der Waals surface area contributed by atoms with Crippen LogP contribution in [0.25, 0.3) is 0 Å². The van der Waals surface area contributed by atoms with Gasteiger partial charge in [-0.3, -0.25) is 8.37 Å². The summed E-state index contributed by atoms with van der Waals surface area (Å²) in [7, 11) is -11.7. The highest BCUT2D eigenvalue weighted by molar-refractivity contribution is 7.87. The van der Waals surface area contributed by atoms with Crippen molar-refractivity contribution in [1.82, 2.24) is 5.06 Å². The minimum atomic E-state index is -6.14. The molecule has 0 aromatic rings. The third kappa shape index (κ3) is 5.71. The minimum absolute atomic E-state index is 0.301. The molecule has 0 fully saturated rings. The fourth-order valence-corrected chi connectivity index (χ4v) is 1.85. The first-order chi connectivity index (χ1) is 9.86. The Labute approximate surface area is 126 Å². The molecule has 0 aromatic carbocycles. The van der Waals surface area contributed by atoms with E-state index < -0.39 is 50.0 Å². The summed E-state index contributed by atoms with van der Waals surface area (Å²) in [5.41, 5.74) is -14.2.